The number of sulfone groups is 1. The summed E-state index contributed by atoms with van der Waals surface area (Å²) in [4.78, 5) is 14.9. The smallest absolute Gasteiger partial charge is 0.307 e. The summed E-state index contributed by atoms with van der Waals surface area (Å²) < 4.78 is 47.3. The van der Waals surface area contributed by atoms with E-state index in [0.29, 0.717) is 16.5 Å². The first-order valence-corrected chi connectivity index (χ1v) is 11.4. The van der Waals surface area contributed by atoms with Crippen LogP contribution in [0.2, 0.25) is 5.02 Å². The van der Waals surface area contributed by atoms with E-state index in [0.717, 1.165) is 6.07 Å². The normalized spacial score (nSPS) is 15.2. The number of fused-ring (bicyclic) bond motifs is 1. The maximum Gasteiger partial charge on any atom is 0.307 e. The van der Waals surface area contributed by atoms with E-state index in [-0.39, 0.29) is 21.0 Å². The summed E-state index contributed by atoms with van der Waals surface area (Å²) in [6.45, 7) is 1.65. The van der Waals surface area contributed by atoms with E-state index in [9.17, 15) is 22.7 Å². The molecule has 164 valence electrons. The Morgan fingerprint density at radius 2 is 1.81 bits per heavy atom. The first-order chi connectivity index (χ1) is 15.2. The molecule has 3 aromatic rings. The number of ether oxygens (including phenoxy) is 1. The molecule has 9 heteroatoms. The molecule has 0 bridgehead atoms. The van der Waals surface area contributed by atoms with Crippen LogP contribution in [0.5, 0.6) is 11.5 Å². The molecule has 0 amide bonds. The van der Waals surface area contributed by atoms with Crippen molar-refractivity contribution in [2.45, 2.75) is 29.2 Å². The minimum atomic E-state index is -4.32. The molecule has 0 saturated carbocycles. The number of carboxylic acid groups (broad SMARTS) is 1. The quantitative estimate of drug-likeness (QED) is 0.588. The molecule has 0 aliphatic carbocycles. The Morgan fingerprint density at radius 1 is 1.12 bits per heavy atom. The van der Waals surface area contributed by atoms with Gasteiger partial charge in [0.15, 0.2) is 0 Å². The molecular formula is C23H17ClFNO5S. The van der Waals surface area contributed by atoms with Crippen LogP contribution in [0.15, 0.2) is 75.4 Å². The number of aliphatic carboxylic acids is 1. The predicted octanol–water partition coefficient (Wildman–Crippen LogP) is 3.75. The highest BCUT2D eigenvalue weighted by molar-refractivity contribution is 7.91. The van der Waals surface area contributed by atoms with Crippen LogP contribution in [0, 0.1) is 5.82 Å². The number of carboxylic acids is 1. The third-order valence-corrected chi connectivity index (χ3v) is 7.20. The summed E-state index contributed by atoms with van der Waals surface area (Å²) in [5, 5.41) is 9.91. The van der Waals surface area contributed by atoms with E-state index in [1.165, 1.54) is 30.3 Å². The van der Waals surface area contributed by atoms with Gasteiger partial charge in [-0.25, -0.2) is 12.8 Å². The fourth-order valence-corrected chi connectivity index (χ4v) is 5.31. The molecule has 1 N–H and O–H groups in total. The molecule has 0 fully saturated rings. The number of nitrogens with zero attached hydrogens (tertiary/aromatic N) is 1. The second kappa shape index (κ2) is 8.37. The van der Waals surface area contributed by atoms with Crippen LogP contribution in [-0.4, -0.2) is 25.5 Å². The molecule has 0 aromatic heterocycles. The van der Waals surface area contributed by atoms with Crippen LogP contribution in [0.25, 0.3) is 5.57 Å². The van der Waals surface area contributed by atoms with Gasteiger partial charge < -0.3 is 9.84 Å². The van der Waals surface area contributed by atoms with Crippen LogP contribution in [0.1, 0.15) is 13.3 Å². The van der Waals surface area contributed by atoms with E-state index in [1.807, 2.05) is 0 Å². The van der Waals surface area contributed by atoms with Gasteiger partial charge in [0.05, 0.1) is 27.7 Å². The fraction of sp³-hybridized carbons (Fsp3) is 0.130. The van der Waals surface area contributed by atoms with Crippen molar-refractivity contribution in [1.82, 2.24) is 0 Å². The molecule has 0 radical (unpaired) electrons. The highest BCUT2D eigenvalue weighted by atomic mass is 35.5. The summed E-state index contributed by atoms with van der Waals surface area (Å²) in [5.74, 6) is -1.37. The molecule has 3 aromatic carbocycles. The first-order valence-electron chi connectivity index (χ1n) is 9.57. The van der Waals surface area contributed by atoms with Gasteiger partial charge in [-0.15, -0.1) is 0 Å². The number of benzene rings is 3. The largest absolute Gasteiger partial charge is 0.481 e. The zero-order valence-electron chi connectivity index (χ0n) is 16.7. The van der Waals surface area contributed by atoms with Gasteiger partial charge >= 0.3 is 5.97 Å². The molecule has 1 aliphatic heterocycles. The van der Waals surface area contributed by atoms with Gasteiger partial charge in [0.1, 0.15) is 22.2 Å². The lowest BCUT2D eigenvalue weighted by Crippen LogP contribution is -2.32. The molecule has 0 spiro atoms. The molecule has 1 atom stereocenters. The van der Waals surface area contributed by atoms with E-state index in [2.05, 4.69) is 4.99 Å². The Labute approximate surface area is 188 Å². The predicted molar refractivity (Wildman–Crippen MR) is 116 cm³/mol. The van der Waals surface area contributed by atoms with Crippen LogP contribution in [-0.2, 0) is 14.6 Å². The van der Waals surface area contributed by atoms with Gasteiger partial charge in [-0.3, -0.25) is 9.79 Å². The summed E-state index contributed by atoms with van der Waals surface area (Å²) in [6, 6.07) is 14.1. The van der Waals surface area contributed by atoms with Gasteiger partial charge in [-0.2, -0.15) is 0 Å². The molecule has 6 nitrogen and oxygen atoms in total. The van der Waals surface area contributed by atoms with Crippen LogP contribution < -0.4 is 15.3 Å². The minimum Gasteiger partial charge on any atom is -0.481 e. The summed E-state index contributed by atoms with van der Waals surface area (Å²) in [6.07, 6.45) is -0.436. The van der Waals surface area contributed by atoms with Crippen molar-refractivity contribution in [2.24, 2.45) is 4.99 Å². The average Bonchev–Trinajstić information content (AvgIpc) is 3.04. The number of rotatable bonds is 6. The van der Waals surface area contributed by atoms with E-state index < -0.39 is 39.0 Å². The maximum absolute atomic E-state index is 14.9. The molecule has 1 aliphatic rings. The molecule has 0 saturated heterocycles. The third kappa shape index (κ3) is 3.99. The van der Waals surface area contributed by atoms with Crippen molar-refractivity contribution in [3.8, 4) is 11.5 Å². The van der Waals surface area contributed by atoms with Gasteiger partial charge in [0, 0.05) is 5.22 Å². The summed E-state index contributed by atoms with van der Waals surface area (Å²) >= 11 is 6.08. The number of para-hydroxylation sites is 1. The van der Waals surface area contributed by atoms with Gasteiger partial charge in [0.2, 0.25) is 9.84 Å². The van der Waals surface area contributed by atoms with Gasteiger partial charge in [-0.1, -0.05) is 23.7 Å². The minimum absolute atomic E-state index is 0.0243. The lowest BCUT2D eigenvalue weighted by atomic mass is 10.0. The molecule has 1 unspecified atom stereocenters. The second-order valence-corrected chi connectivity index (χ2v) is 9.47. The van der Waals surface area contributed by atoms with Crippen molar-refractivity contribution >= 4 is 33.0 Å². The fourth-order valence-electron chi connectivity index (χ4n) is 3.58. The van der Waals surface area contributed by atoms with Crippen LogP contribution >= 0.6 is 11.6 Å². The topological polar surface area (TPSA) is 93.0 Å². The van der Waals surface area contributed by atoms with Crippen LogP contribution in [0.3, 0.4) is 0 Å². The highest BCUT2D eigenvalue weighted by Gasteiger charge is 2.29. The maximum atomic E-state index is 14.9. The number of carbonyl (C=O) groups is 1. The first kappa shape index (κ1) is 22.0. The van der Waals surface area contributed by atoms with E-state index >= 15 is 0 Å². The second-order valence-electron chi connectivity index (χ2n) is 7.18. The number of halogens is 2. The van der Waals surface area contributed by atoms with Gasteiger partial charge in [0.25, 0.3) is 0 Å². The summed E-state index contributed by atoms with van der Waals surface area (Å²) in [7, 11) is -4.32. The molecule has 32 heavy (non-hydrogen) atoms. The number of hydrogen-bond acceptors (Lipinski definition) is 5. The van der Waals surface area contributed by atoms with Crippen LogP contribution in [0.4, 0.5) is 4.39 Å². The lowest BCUT2D eigenvalue weighted by molar-refractivity contribution is -0.135. The standard InChI is InChI=1S/C23H17ClFNO5S/c1-13-16(12-21(27)28)22-19(26-13)11-10-18(25)23(22)32(29,30)15-8-6-14(7-9-15)31-20-5-3-2-4-17(20)24/h2-11,13H,12H2,1H3,(H,27,28). The van der Waals surface area contributed by atoms with Crippen molar-refractivity contribution < 1.29 is 27.4 Å². The van der Waals surface area contributed by atoms with Crippen molar-refractivity contribution in [3.63, 3.8) is 0 Å². The Balaban J connectivity index is 1.80. The van der Waals surface area contributed by atoms with Gasteiger partial charge in [-0.05, 0) is 61.0 Å². The number of hydrogen-bond donors (Lipinski definition) is 1. The Hall–Kier alpha value is -3.23. The molecule has 1 heterocycles. The third-order valence-electron chi connectivity index (χ3n) is 5.05. The SMILES string of the molecule is CC1N=c2ccc(F)c(S(=O)(=O)c3ccc(Oc4ccccc4Cl)cc3)c2=C1CC(=O)O. The molecule has 4 rings (SSSR count). The van der Waals surface area contributed by atoms with Crippen molar-refractivity contribution in [3.05, 3.63) is 82.1 Å². The zero-order valence-corrected chi connectivity index (χ0v) is 18.3. The average molecular weight is 474 g/mol. The zero-order chi connectivity index (χ0) is 23.0. The van der Waals surface area contributed by atoms with E-state index in [4.69, 9.17) is 16.3 Å². The van der Waals surface area contributed by atoms with E-state index in [1.54, 1.807) is 31.2 Å². The Kier molecular flexibility index (Phi) is 5.75. The Bertz CT molecular complexity index is 1450. The van der Waals surface area contributed by atoms with Crippen molar-refractivity contribution in [1.29, 1.82) is 0 Å². The highest BCUT2D eigenvalue weighted by Crippen LogP contribution is 2.30. The Morgan fingerprint density at radius 3 is 2.47 bits per heavy atom. The molecular weight excluding hydrogens is 457 g/mol. The van der Waals surface area contributed by atoms with Crippen molar-refractivity contribution in [2.75, 3.05) is 0 Å². The monoisotopic (exact) mass is 473 g/mol. The summed E-state index contributed by atoms with van der Waals surface area (Å²) in [5.41, 5.74) is 0.254. The lowest BCUT2D eigenvalue weighted by Gasteiger charge is -2.11.